The second kappa shape index (κ2) is 6.28. The summed E-state index contributed by atoms with van der Waals surface area (Å²) in [5, 5.41) is 2.33. The third kappa shape index (κ3) is 2.61. The molecule has 2 aromatic heterocycles. The number of benzene rings is 2. The Kier molecular flexibility index (Phi) is 3.77. The van der Waals surface area contributed by atoms with Crippen molar-refractivity contribution < 1.29 is 4.42 Å². The molecule has 0 amide bonds. The molecule has 2 heterocycles. The summed E-state index contributed by atoms with van der Waals surface area (Å²) in [6.07, 6.45) is 8.80. The summed E-state index contributed by atoms with van der Waals surface area (Å²) >= 11 is 0. The zero-order valence-electron chi connectivity index (χ0n) is 15.2. The molecule has 2 heteroatoms. The number of furan rings is 1. The number of pyridine rings is 1. The number of aromatic nitrogens is 1. The molecule has 0 unspecified atom stereocenters. The van der Waals surface area contributed by atoms with Gasteiger partial charge >= 0.3 is 0 Å². The number of aryl methyl sites for hydroxylation is 1. The van der Waals surface area contributed by atoms with Crippen LogP contribution in [0.1, 0.15) is 36.8 Å². The van der Waals surface area contributed by atoms with Gasteiger partial charge in [0.25, 0.3) is 0 Å². The van der Waals surface area contributed by atoms with Crippen LogP contribution in [0.15, 0.2) is 59.1 Å². The molecule has 2 aromatic carbocycles. The van der Waals surface area contributed by atoms with Gasteiger partial charge in [-0.05, 0) is 48.6 Å². The first kappa shape index (κ1) is 15.6. The van der Waals surface area contributed by atoms with Gasteiger partial charge in [0, 0.05) is 22.5 Å². The van der Waals surface area contributed by atoms with Crippen molar-refractivity contribution >= 4 is 21.9 Å². The van der Waals surface area contributed by atoms with Gasteiger partial charge in [0.2, 0.25) is 0 Å². The summed E-state index contributed by atoms with van der Waals surface area (Å²) in [4.78, 5) is 4.81. The van der Waals surface area contributed by atoms with Crippen molar-refractivity contribution in [1.82, 2.24) is 4.98 Å². The van der Waals surface area contributed by atoms with Gasteiger partial charge in [-0.15, -0.1) is 0 Å². The van der Waals surface area contributed by atoms with Crippen LogP contribution in [0.3, 0.4) is 0 Å². The van der Waals surface area contributed by atoms with Crippen molar-refractivity contribution in [3.8, 4) is 11.3 Å². The molecule has 0 atom stereocenters. The topological polar surface area (TPSA) is 26.0 Å². The Labute approximate surface area is 153 Å². The Morgan fingerprint density at radius 3 is 2.65 bits per heavy atom. The number of nitrogens with zero attached hydrogens (tertiary/aromatic N) is 1. The zero-order valence-corrected chi connectivity index (χ0v) is 15.2. The highest BCUT2D eigenvalue weighted by Crippen LogP contribution is 2.36. The molecule has 2 nitrogen and oxygen atoms in total. The lowest BCUT2D eigenvalue weighted by molar-refractivity contribution is 0.544. The molecular weight excluding hydrogens is 318 g/mol. The fourth-order valence-corrected chi connectivity index (χ4v) is 4.42. The molecule has 0 saturated heterocycles. The number of para-hydroxylation sites is 2. The second-order valence-corrected chi connectivity index (χ2v) is 7.63. The minimum Gasteiger partial charge on any atom is -0.455 e. The molecular formula is C24H23NO. The lowest BCUT2D eigenvalue weighted by Gasteiger charge is -2.12. The van der Waals surface area contributed by atoms with Crippen molar-refractivity contribution in [2.24, 2.45) is 5.92 Å². The highest BCUT2D eigenvalue weighted by atomic mass is 16.3. The Morgan fingerprint density at radius 2 is 1.81 bits per heavy atom. The highest BCUT2D eigenvalue weighted by Gasteiger charge is 2.18. The van der Waals surface area contributed by atoms with Gasteiger partial charge in [0.1, 0.15) is 11.2 Å². The molecule has 1 aliphatic carbocycles. The molecule has 1 aliphatic rings. The maximum Gasteiger partial charge on any atom is 0.144 e. The van der Waals surface area contributed by atoms with Crippen LogP contribution >= 0.6 is 0 Å². The molecule has 130 valence electrons. The standard InChI is InChI=1S/C24H23NO/c1-16-13-22(25-15-18(16)14-17-7-2-3-8-17)21-11-6-10-20-19-9-4-5-12-23(19)26-24(20)21/h4-6,9-13,15,17H,2-3,7-8,14H2,1H3. The van der Waals surface area contributed by atoms with Crippen molar-refractivity contribution in [2.45, 2.75) is 39.0 Å². The third-order valence-corrected chi connectivity index (χ3v) is 5.88. The van der Waals surface area contributed by atoms with Crippen LogP contribution < -0.4 is 0 Å². The summed E-state index contributed by atoms with van der Waals surface area (Å²) in [6, 6.07) is 16.8. The van der Waals surface area contributed by atoms with Crippen molar-refractivity contribution in [1.29, 1.82) is 0 Å². The maximum atomic E-state index is 6.18. The van der Waals surface area contributed by atoms with Crippen LogP contribution in [0.4, 0.5) is 0 Å². The molecule has 26 heavy (non-hydrogen) atoms. The van der Waals surface area contributed by atoms with Crippen molar-refractivity contribution in [2.75, 3.05) is 0 Å². The van der Waals surface area contributed by atoms with E-state index >= 15 is 0 Å². The molecule has 1 fully saturated rings. The van der Waals surface area contributed by atoms with E-state index in [9.17, 15) is 0 Å². The molecule has 0 aliphatic heterocycles. The van der Waals surface area contributed by atoms with Gasteiger partial charge < -0.3 is 4.42 Å². The zero-order chi connectivity index (χ0) is 17.5. The number of hydrogen-bond acceptors (Lipinski definition) is 2. The van der Waals surface area contributed by atoms with Crippen LogP contribution in [0, 0.1) is 12.8 Å². The summed E-state index contributed by atoms with van der Waals surface area (Å²) in [5.74, 6) is 0.847. The molecule has 0 spiro atoms. The van der Waals surface area contributed by atoms with Gasteiger partial charge in [-0.2, -0.15) is 0 Å². The van der Waals surface area contributed by atoms with Crippen molar-refractivity contribution in [3.63, 3.8) is 0 Å². The van der Waals surface area contributed by atoms with Crippen LogP contribution in [0.5, 0.6) is 0 Å². The van der Waals surface area contributed by atoms with E-state index in [0.717, 1.165) is 33.7 Å². The van der Waals surface area contributed by atoms with E-state index in [-0.39, 0.29) is 0 Å². The van der Waals surface area contributed by atoms with Crippen LogP contribution in [-0.4, -0.2) is 4.98 Å². The first-order valence-electron chi connectivity index (χ1n) is 9.66. The van der Waals surface area contributed by atoms with Crippen LogP contribution in [-0.2, 0) is 6.42 Å². The van der Waals surface area contributed by atoms with E-state index in [1.165, 1.54) is 48.6 Å². The van der Waals surface area contributed by atoms with Gasteiger partial charge in [0.15, 0.2) is 0 Å². The fourth-order valence-electron chi connectivity index (χ4n) is 4.42. The predicted octanol–water partition coefficient (Wildman–Crippen LogP) is 6.69. The van der Waals surface area contributed by atoms with Crippen LogP contribution in [0.2, 0.25) is 0 Å². The molecule has 4 aromatic rings. The Bertz CT molecular complexity index is 1090. The number of hydrogen-bond donors (Lipinski definition) is 0. The SMILES string of the molecule is Cc1cc(-c2cccc3c2oc2ccccc23)ncc1CC1CCCC1. The monoisotopic (exact) mass is 341 g/mol. The summed E-state index contributed by atoms with van der Waals surface area (Å²) in [7, 11) is 0. The van der Waals surface area contributed by atoms with Gasteiger partial charge in [-0.1, -0.05) is 56.0 Å². The number of rotatable bonds is 3. The van der Waals surface area contributed by atoms with Gasteiger partial charge in [-0.25, -0.2) is 0 Å². The number of fused-ring (bicyclic) bond motifs is 3. The second-order valence-electron chi connectivity index (χ2n) is 7.63. The Hall–Kier alpha value is -2.61. The average molecular weight is 341 g/mol. The largest absolute Gasteiger partial charge is 0.455 e. The van der Waals surface area contributed by atoms with E-state index in [1.807, 2.05) is 12.1 Å². The third-order valence-electron chi connectivity index (χ3n) is 5.88. The molecule has 5 rings (SSSR count). The minimum absolute atomic E-state index is 0.847. The predicted molar refractivity (Wildman–Crippen MR) is 107 cm³/mol. The summed E-state index contributed by atoms with van der Waals surface area (Å²) in [6.45, 7) is 2.22. The first-order valence-corrected chi connectivity index (χ1v) is 9.66. The summed E-state index contributed by atoms with van der Waals surface area (Å²) in [5.41, 5.74) is 6.69. The lowest BCUT2D eigenvalue weighted by Crippen LogP contribution is -2.02. The Morgan fingerprint density at radius 1 is 1.00 bits per heavy atom. The molecule has 1 saturated carbocycles. The normalized spacial score (nSPS) is 15.3. The van der Waals surface area contributed by atoms with E-state index in [1.54, 1.807) is 0 Å². The fraction of sp³-hybridized carbons (Fsp3) is 0.292. The van der Waals surface area contributed by atoms with Gasteiger partial charge in [-0.3, -0.25) is 4.98 Å². The molecule has 0 bridgehead atoms. The first-order chi connectivity index (χ1) is 12.8. The highest BCUT2D eigenvalue weighted by molar-refractivity contribution is 6.09. The van der Waals surface area contributed by atoms with E-state index in [4.69, 9.17) is 9.40 Å². The Balaban J connectivity index is 1.58. The van der Waals surface area contributed by atoms with E-state index in [0.29, 0.717) is 0 Å². The lowest BCUT2D eigenvalue weighted by atomic mass is 9.95. The quantitative estimate of drug-likeness (QED) is 0.415. The van der Waals surface area contributed by atoms with Crippen LogP contribution in [0.25, 0.3) is 33.2 Å². The average Bonchev–Trinajstić information content (AvgIpc) is 3.30. The molecule has 0 N–H and O–H groups in total. The van der Waals surface area contributed by atoms with E-state index in [2.05, 4.69) is 49.5 Å². The summed E-state index contributed by atoms with van der Waals surface area (Å²) < 4.78 is 6.18. The molecule has 0 radical (unpaired) electrons. The maximum absolute atomic E-state index is 6.18. The van der Waals surface area contributed by atoms with Crippen molar-refractivity contribution in [3.05, 3.63) is 65.9 Å². The van der Waals surface area contributed by atoms with Gasteiger partial charge in [0.05, 0.1) is 5.69 Å². The van der Waals surface area contributed by atoms with E-state index < -0.39 is 0 Å². The smallest absolute Gasteiger partial charge is 0.144 e. The minimum atomic E-state index is 0.847.